The van der Waals surface area contributed by atoms with Crippen molar-refractivity contribution in [3.63, 3.8) is 0 Å². The summed E-state index contributed by atoms with van der Waals surface area (Å²) in [7, 11) is 1.07. The van der Waals surface area contributed by atoms with E-state index in [1.807, 2.05) is 0 Å². The van der Waals surface area contributed by atoms with E-state index in [1.165, 1.54) is 0 Å². The first-order valence-electron chi connectivity index (χ1n) is 12.6. The topological polar surface area (TPSA) is 55.8 Å². The summed E-state index contributed by atoms with van der Waals surface area (Å²) in [6.45, 7) is 2.73. The predicted octanol–water partition coefficient (Wildman–Crippen LogP) is 8.22. The van der Waals surface area contributed by atoms with Crippen LogP contribution in [0.5, 0.6) is 0 Å². The molecule has 2 aromatic rings. The van der Waals surface area contributed by atoms with Gasteiger partial charge in [-0.25, -0.2) is 4.79 Å². The average Bonchev–Trinajstić information content (AvgIpc) is 3.71. The van der Waals surface area contributed by atoms with Crippen LogP contribution in [0, 0.1) is 5.92 Å². The number of carbonyl (C=O) groups is 2. The first kappa shape index (κ1) is 30.0. The molecule has 6 nitrogen and oxygen atoms in total. The standard InChI is InChI=1S/C27H28ClF6N2O4/c1-15(2)40-25(38)36(28)22-7-5-4-6-20(22)21(13-23(36)17-8-9-17)35(24(37)39-3)14-16-10-18(26(29,30)31)12-19(11-16)27(32,33)34/h4-7,10-12,15,17,21,23H,8-9,13-14H2,1-3H3/q+1/t21-,23-,36?/m0/s1. The first-order valence-corrected chi connectivity index (χ1v) is 12.9. The van der Waals surface area contributed by atoms with Crippen molar-refractivity contribution < 1.29 is 45.4 Å². The summed E-state index contributed by atoms with van der Waals surface area (Å²) in [6.07, 6.45) is -10.6. The maximum absolute atomic E-state index is 13.5. The molecular weight excluding hydrogens is 566 g/mol. The zero-order valence-corrected chi connectivity index (χ0v) is 22.6. The van der Waals surface area contributed by atoms with Crippen LogP contribution in [0.15, 0.2) is 42.5 Å². The van der Waals surface area contributed by atoms with Gasteiger partial charge in [0.05, 0.1) is 24.3 Å². The Bertz CT molecular complexity index is 1250. The van der Waals surface area contributed by atoms with Crippen molar-refractivity contribution in [1.82, 2.24) is 8.90 Å². The molecule has 0 saturated heterocycles. The summed E-state index contributed by atoms with van der Waals surface area (Å²) in [5, 5.41) is 0. The minimum atomic E-state index is -5.05. The van der Waals surface area contributed by atoms with Crippen molar-refractivity contribution in [2.45, 2.75) is 70.2 Å². The highest BCUT2D eigenvalue weighted by Gasteiger charge is 2.60. The number of hydrogen-bond donors (Lipinski definition) is 0. The number of fused-ring (bicyclic) bond motifs is 1. The number of nitrogens with zero attached hydrogens (tertiary/aromatic N) is 2. The van der Waals surface area contributed by atoms with Crippen LogP contribution in [-0.2, 0) is 28.4 Å². The van der Waals surface area contributed by atoms with E-state index in [9.17, 15) is 35.9 Å². The predicted molar refractivity (Wildman–Crippen MR) is 134 cm³/mol. The number of alkyl halides is 6. The van der Waals surface area contributed by atoms with E-state index in [0.717, 1.165) is 24.9 Å². The van der Waals surface area contributed by atoms with Crippen LogP contribution in [0.3, 0.4) is 0 Å². The smallest absolute Gasteiger partial charge is 0.453 e. The van der Waals surface area contributed by atoms with E-state index >= 15 is 0 Å². The molecule has 1 unspecified atom stereocenters. The molecule has 3 atom stereocenters. The van der Waals surface area contributed by atoms with Crippen LogP contribution in [-0.4, -0.2) is 36.3 Å². The number of para-hydroxylation sites is 1. The van der Waals surface area contributed by atoms with Gasteiger partial charge in [0.15, 0.2) is 17.5 Å². The van der Waals surface area contributed by atoms with Crippen molar-refractivity contribution in [1.29, 1.82) is 0 Å². The number of rotatable bonds is 5. The fourth-order valence-corrected chi connectivity index (χ4v) is 5.68. The normalized spacial score (nSPS) is 23.0. The summed E-state index contributed by atoms with van der Waals surface area (Å²) in [6, 6.07) is 6.26. The minimum absolute atomic E-state index is 0.0158. The number of quaternary nitrogens is 1. The summed E-state index contributed by atoms with van der Waals surface area (Å²) < 4.78 is 90.8. The second-order valence-electron chi connectivity index (χ2n) is 10.3. The molecule has 1 fully saturated rings. The number of benzene rings is 2. The van der Waals surface area contributed by atoms with Gasteiger partial charge in [-0.05, 0) is 50.5 Å². The monoisotopic (exact) mass is 593 g/mol. The molecule has 1 aliphatic carbocycles. The van der Waals surface area contributed by atoms with Gasteiger partial charge in [0.25, 0.3) is 0 Å². The minimum Gasteiger partial charge on any atom is -0.453 e. The lowest BCUT2D eigenvalue weighted by Gasteiger charge is -2.44. The Morgan fingerprint density at radius 3 is 2.10 bits per heavy atom. The Labute approximate surface area is 232 Å². The van der Waals surface area contributed by atoms with Gasteiger partial charge in [-0.15, -0.1) is 0 Å². The van der Waals surface area contributed by atoms with E-state index in [4.69, 9.17) is 21.3 Å². The number of ether oxygens (including phenoxy) is 2. The van der Waals surface area contributed by atoms with Gasteiger partial charge >= 0.3 is 24.5 Å². The SMILES string of the molecule is COC(=O)N(Cc1cc(C(F)(F)F)cc(C(F)(F)F)c1)[C@H]1C[C@@H](C2CC2)[N+](Cl)(C(=O)OC(C)C)c2ccccc21. The lowest BCUT2D eigenvalue weighted by Crippen LogP contribution is -2.59. The largest absolute Gasteiger partial charge is 0.540 e. The highest BCUT2D eigenvalue weighted by atomic mass is 35.5. The molecule has 13 heteroatoms. The lowest BCUT2D eigenvalue weighted by atomic mass is 9.87. The Hall–Kier alpha value is -2.99. The maximum Gasteiger partial charge on any atom is 0.540 e. The first-order chi connectivity index (χ1) is 18.6. The molecule has 40 heavy (non-hydrogen) atoms. The summed E-state index contributed by atoms with van der Waals surface area (Å²) in [5.41, 5.74) is -2.64. The number of amides is 2. The van der Waals surface area contributed by atoms with Crippen LogP contribution in [0.1, 0.15) is 61.4 Å². The van der Waals surface area contributed by atoms with Crippen molar-refractivity contribution >= 4 is 29.7 Å². The molecule has 1 aliphatic heterocycles. The third-order valence-electron chi connectivity index (χ3n) is 7.12. The van der Waals surface area contributed by atoms with Gasteiger partial charge in [0.2, 0.25) is 0 Å². The molecular formula is C27H28ClF6N2O4+. The molecule has 218 valence electrons. The van der Waals surface area contributed by atoms with Gasteiger partial charge in [0, 0.05) is 30.5 Å². The van der Waals surface area contributed by atoms with Crippen LogP contribution >= 0.6 is 11.8 Å². The fraction of sp³-hybridized carbons (Fsp3) is 0.481. The Morgan fingerprint density at radius 2 is 1.60 bits per heavy atom. The third kappa shape index (κ3) is 5.88. The fourth-order valence-electron chi connectivity index (χ4n) is 5.24. The molecule has 0 aromatic heterocycles. The number of hydrogen-bond acceptors (Lipinski definition) is 4. The van der Waals surface area contributed by atoms with E-state index < -0.39 is 64.4 Å². The molecule has 2 aromatic carbocycles. The Morgan fingerprint density at radius 1 is 1.02 bits per heavy atom. The maximum atomic E-state index is 13.5. The zero-order chi connectivity index (χ0) is 29.6. The Balaban J connectivity index is 1.83. The number of methoxy groups -OCH3 is 1. The Kier molecular flexibility index (Phi) is 8.07. The van der Waals surface area contributed by atoms with Crippen LogP contribution in [0.4, 0.5) is 41.6 Å². The van der Waals surface area contributed by atoms with E-state index in [2.05, 4.69) is 0 Å². The van der Waals surface area contributed by atoms with E-state index in [0.29, 0.717) is 23.4 Å². The summed E-state index contributed by atoms with van der Waals surface area (Å²) in [4.78, 5) is 27.5. The van der Waals surface area contributed by atoms with Crippen LogP contribution < -0.4 is 4.00 Å². The zero-order valence-electron chi connectivity index (χ0n) is 21.9. The van der Waals surface area contributed by atoms with Gasteiger partial charge in [-0.3, -0.25) is 4.90 Å². The molecule has 0 spiro atoms. The van der Waals surface area contributed by atoms with Crippen LogP contribution in [0.2, 0.25) is 0 Å². The molecule has 0 N–H and O–H groups in total. The van der Waals surface area contributed by atoms with Crippen LogP contribution in [0.25, 0.3) is 0 Å². The van der Waals surface area contributed by atoms with Crippen molar-refractivity contribution in [2.24, 2.45) is 5.92 Å². The van der Waals surface area contributed by atoms with E-state index in [1.54, 1.807) is 38.1 Å². The highest BCUT2D eigenvalue weighted by Crippen LogP contribution is 2.54. The van der Waals surface area contributed by atoms with Gasteiger partial charge in [-0.1, -0.05) is 22.2 Å². The molecule has 2 amide bonds. The summed E-state index contributed by atoms with van der Waals surface area (Å²) in [5.74, 6) is -0.0158. The van der Waals surface area contributed by atoms with E-state index in [-0.39, 0.29) is 24.0 Å². The molecule has 4 rings (SSSR count). The average molecular weight is 594 g/mol. The quantitative estimate of drug-likeness (QED) is 0.259. The number of carbonyl (C=O) groups excluding carboxylic acids is 2. The molecule has 2 aliphatic rings. The number of halogens is 7. The molecule has 1 saturated carbocycles. The van der Waals surface area contributed by atoms with Crippen molar-refractivity contribution in [3.05, 3.63) is 64.7 Å². The molecule has 0 radical (unpaired) electrons. The molecule has 0 bridgehead atoms. The lowest BCUT2D eigenvalue weighted by molar-refractivity contribution is -0.143. The second kappa shape index (κ2) is 10.8. The van der Waals surface area contributed by atoms with Crippen molar-refractivity contribution in [3.8, 4) is 0 Å². The second-order valence-corrected chi connectivity index (χ2v) is 10.8. The summed E-state index contributed by atoms with van der Waals surface area (Å²) >= 11 is 7.07. The van der Waals surface area contributed by atoms with Crippen molar-refractivity contribution in [2.75, 3.05) is 7.11 Å². The molecule has 1 heterocycles. The van der Waals surface area contributed by atoms with Gasteiger partial charge in [0.1, 0.15) is 12.1 Å². The highest BCUT2D eigenvalue weighted by molar-refractivity contribution is 6.31. The van der Waals surface area contributed by atoms with Gasteiger partial charge in [-0.2, -0.15) is 31.1 Å². The third-order valence-corrected chi connectivity index (χ3v) is 7.69. The van der Waals surface area contributed by atoms with Gasteiger partial charge < -0.3 is 9.47 Å².